The first-order valence-corrected chi connectivity index (χ1v) is 9.23. The van der Waals surface area contributed by atoms with Crippen molar-refractivity contribution >= 4 is 32.4 Å². The molecule has 1 aliphatic rings. The molecule has 0 saturated carbocycles. The van der Waals surface area contributed by atoms with Crippen LogP contribution in [0.3, 0.4) is 0 Å². The average molecular weight is 337 g/mol. The lowest BCUT2D eigenvalue weighted by Gasteiger charge is -2.24. The number of hydrogen-bond donors (Lipinski definition) is 2. The van der Waals surface area contributed by atoms with Crippen LogP contribution in [-0.4, -0.2) is 23.8 Å². The molecule has 0 atom stereocenters. The van der Waals surface area contributed by atoms with Gasteiger partial charge in [-0.1, -0.05) is 53.8 Å². The fourth-order valence-corrected chi connectivity index (χ4v) is 3.92. The first kappa shape index (κ1) is 15.3. The Kier molecular flexibility index (Phi) is 4.53. The Labute approximate surface area is 145 Å². The molecule has 3 aromatic rings. The first-order chi connectivity index (χ1) is 11.9. The van der Waals surface area contributed by atoms with Crippen LogP contribution in [0.25, 0.3) is 10.2 Å². The zero-order chi connectivity index (χ0) is 16.2. The van der Waals surface area contributed by atoms with E-state index in [0.717, 1.165) is 43.1 Å². The molecule has 1 aromatic heterocycles. The minimum Gasteiger partial charge on any atom is -0.331 e. The second-order valence-corrected chi connectivity index (χ2v) is 7.22. The van der Waals surface area contributed by atoms with Gasteiger partial charge in [0.25, 0.3) is 0 Å². The number of para-hydroxylation sites is 1. The van der Waals surface area contributed by atoms with Gasteiger partial charge in [-0.2, -0.15) is 5.10 Å². The van der Waals surface area contributed by atoms with Gasteiger partial charge in [0.2, 0.25) is 5.13 Å². The van der Waals surface area contributed by atoms with E-state index in [4.69, 9.17) is 0 Å². The number of piperidine rings is 1. The van der Waals surface area contributed by atoms with Gasteiger partial charge in [-0.3, -0.25) is 5.43 Å². The molecule has 24 heavy (non-hydrogen) atoms. The third kappa shape index (κ3) is 3.63. The molecule has 1 fully saturated rings. The molecule has 1 aliphatic heterocycles. The number of nitrogens with zero attached hydrogens (tertiary/aromatic N) is 2. The molecule has 2 heterocycles. The van der Waals surface area contributed by atoms with Gasteiger partial charge in [-0.25, -0.2) is 4.98 Å². The lowest BCUT2D eigenvalue weighted by Crippen LogP contribution is -3.11. The van der Waals surface area contributed by atoms with Gasteiger partial charge in [0.05, 0.1) is 23.3 Å². The second-order valence-electron chi connectivity index (χ2n) is 6.19. The quantitative estimate of drug-likeness (QED) is 0.719. The highest BCUT2D eigenvalue weighted by atomic mass is 32.1. The molecule has 0 amide bonds. The van der Waals surface area contributed by atoms with E-state index in [1.165, 1.54) is 16.0 Å². The van der Waals surface area contributed by atoms with Gasteiger partial charge in [-0.15, -0.1) is 0 Å². The number of likely N-dealkylation sites (tertiary alicyclic amines) is 1. The predicted octanol–water partition coefficient (Wildman–Crippen LogP) is 2.94. The molecule has 122 valence electrons. The highest BCUT2D eigenvalue weighted by molar-refractivity contribution is 7.22. The van der Waals surface area contributed by atoms with Crippen molar-refractivity contribution in [3.05, 3.63) is 60.2 Å². The molecule has 5 heteroatoms. The Morgan fingerprint density at radius 1 is 1.00 bits per heavy atom. The van der Waals surface area contributed by atoms with Gasteiger partial charge in [-0.05, 0) is 12.1 Å². The van der Waals surface area contributed by atoms with Crippen LogP contribution in [0.4, 0.5) is 5.13 Å². The van der Waals surface area contributed by atoms with Gasteiger partial charge in [0.1, 0.15) is 6.54 Å². The normalized spacial score (nSPS) is 17.8. The van der Waals surface area contributed by atoms with E-state index in [9.17, 15) is 0 Å². The van der Waals surface area contributed by atoms with E-state index < -0.39 is 0 Å². The summed E-state index contributed by atoms with van der Waals surface area (Å²) in [7, 11) is 0. The van der Waals surface area contributed by atoms with Crippen molar-refractivity contribution in [2.45, 2.75) is 19.4 Å². The van der Waals surface area contributed by atoms with Crippen LogP contribution in [0.15, 0.2) is 59.7 Å². The van der Waals surface area contributed by atoms with E-state index in [1.54, 1.807) is 16.2 Å². The summed E-state index contributed by atoms with van der Waals surface area (Å²) in [4.78, 5) is 6.20. The SMILES string of the molecule is c1ccc(C[NH+]2CCC(=NNc3nc4ccccc4s3)CC2)cc1. The van der Waals surface area contributed by atoms with Crippen LogP contribution >= 0.6 is 11.3 Å². The molecular formula is C19H21N4S+. The minimum atomic E-state index is 0.878. The molecule has 0 spiro atoms. The van der Waals surface area contributed by atoms with Crippen LogP contribution in [0.2, 0.25) is 0 Å². The Morgan fingerprint density at radius 2 is 1.75 bits per heavy atom. The standard InChI is InChI=1S/C19H20N4S/c1-2-6-15(7-3-1)14-23-12-10-16(11-13-23)21-22-19-20-17-8-4-5-9-18(17)24-19/h1-9H,10-14H2,(H,20,22)/p+1. The zero-order valence-corrected chi connectivity index (χ0v) is 14.4. The predicted molar refractivity (Wildman–Crippen MR) is 101 cm³/mol. The number of nitrogens with one attached hydrogen (secondary N) is 2. The lowest BCUT2D eigenvalue weighted by molar-refractivity contribution is -0.914. The molecule has 2 aromatic carbocycles. The van der Waals surface area contributed by atoms with Gasteiger partial charge in [0, 0.05) is 24.1 Å². The molecule has 0 unspecified atom stereocenters. The van der Waals surface area contributed by atoms with Crippen LogP contribution in [0, 0.1) is 0 Å². The number of hydrogen-bond acceptors (Lipinski definition) is 4. The largest absolute Gasteiger partial charge is 0.331 e. The molecule has 1 saturated heterocycles. The number of aromatic nitrogens is 1. The summed E-state index contributed by atoms with van der Waals surface area (Å²) in [5.74, 6) is 0. The Balaban J connectivity index is 1.33. The maximum absolute atomic E-state index is 4.59. The van der Waals surface area contributed by atoms with Gasteiger partial charge >= 0.3 is 0 Å². The van der Waals surface area contributed by atoms with E-state index in [0.29, 0.717) is 0 Å². The van der Waals surface area contributed by atoms with Crippen molar-refractivity contribution in [1.82, 2.24) is 4.98 Å². The number of fused-ring (bicyclic) bond motifs is 1. The number of quaternary nitrogens is 1. The number of thiazole rings is 1. The summed E-state index contributed by atoms with van der Waals surface area (Å²) in [6, 6.07) is 18.9. The van der Waals surface area contributed by atoms with Crippen molar-refractivity contribution in [3.63, 3.8) is 0 Å². The van der Waals surface area contributed by atoms with Crippen molar-refractivity contribution in [2.24, 2.45) is 5.10 Å². The van der Waals surface area contributed by atoms with Crippen LogP contribution in [0.5, 0.6) is 0 Å². The van der Waals surface area contributed by atoms with E-state index in [2.05, 4.69) is 51.9 Å². The molecule has 0 radical (unpaired) electrons. The fraction of sp³-hybridized carbons (Fsp3) is 0.263. The smallest absolute Gasteiger partial charge is 0.204 e. The molecule has 2 N–H and O–H groups in total. The number of benzene rings is 2. The molecular weight excluding hydrogens is 316 g/mol. The number of anilines is 1. The van der Waals surface area contributed by atoms with Crippen molar-refractivity contribution in [2.75, 3.05) is 18.5 Å². The topological polar surface area (TPSA) is 41.7 Å². The maximum atomic E-state index is 4.59. The van der Waals surface area contributed by atoms with Crippen molar-refractivity contribution < 1.29 is 4.90 Å². The summed E-state index contributed by atoms with van der Waals surface area (Å²) in [6.45, 7) is 3.41. The highest BCUT2D eigenvalue weighted by Crippen LogP contribution is 2.25. The maximum Gasteiger partial charge on any atom is 0.204 e. The van der Waals surface area contributed by atoms with Crippen molar-refractivity contribution in [3.8, 4) is 0 Å². The summed E-state index contributed by atoms with van der Waals surface area (Å²) in [5.41, 5.74) is 6.86. The Hall–Kier alpha value is -2.24. The summed E-state index contributed by atoms with van der Waals surface area (Å²) in [5, 5.41) is 5.47. The number of rotatable bonds is 4. The molecule has 4 rings (SSSR count). The third-order valence-corrected chi connectivity index (χ3v) is 5.38. The van der Waals surface area contributed by atoms with E-state index in [-0.39, 0.29) is 0 Å². The van der Waals surface area contributed by atoms with Gasteiger partial charge in [0.15, 0.2) is 0 Å². The van der Waals surface area contributed by atoms with Crippen molar-refractivity contribution in [1.29, 1.82) is 0 Å². The Bertz CT molecular complexity index is 798. The molecule has 0 aliphatic carbocycles. The third-order valence-electron chi connectivity index (χ3n) is 4.43. The summed E-state index contributed by atoms with van der Waals surface area (Å²) in [6.07, 6.45) is 2.11. The lowest BCUT2D eigenvalue weighted by atomic mass is 10.1. The summed E-state index contributed by atoms with van der Waals surface area (Å²) < 4.78 is 1.20. The van der Waals surface area contributed by atoms with E-state index in [1.807, 2.05) is 18.2 Å². The van der Waals surface area contributed by atoms with Crippen LogP contribution < -0.4 is 10.3 Å². The average Bonchev–Trinajstić information content (AvgIpc) is 3.05. The second kappa shape index (κ2) is 7.11. The highest BCUT2D eigenvalue weighted by Gasteiger charge is 2.18. The van der Waals surface area contributed by atoms with Crippen LogP contribution in [0.1, 0.15) is 18.4 Å². The Morgan fingerprint density at radius 3 is 2.54 bits per heavy atom. The minimum absolute atomic E-state index is 0.878. The van der Waals surface area contributed by atoms with Gasteiger partial charge < -0.3 is 4.90 Å². The first-order valence-electron chi connectivity index (χ1n) is 8.41. The molecule has 0 bridgehead atoms. The summed E-state index contributed by atoms with van der Waals surface area (Å²) >= 11 is 1.65. The molecule has 4 nitrogen and oxygen atoms in total. The number of hydrazone groups is 1. The fourth-order valence-electron chi connectivity index (χ4n) is 3.11. The van der Waals surface area contributed by atoms with E-state index >= 15 is 0 Å². The monoisotopic (exact) mass is 337 g/mol. The van der Waals surface area contributed by atoms with Crippen LogP contribution in [-0.2, 0) is 6.54 Å². The zero-order valence-electron chi connectivity index (χ0n) is 13.5.